The molecule has 0 aromatic heterocycles. The van der Waals surface area contributed by atoms with E-state index >= 15 is 0 Å². The largest absolute Gasteiger partial charge is 0.381 e. The van der Waals surface area contributed by atoms with Gasteiger partial charge in [0.2, 0.25) is 0 Å². The lowest BCUT2D eigenvalue weighted by atomic mass is 9.85. The number of hydrogen-bond acceptors (Lipinski definition) is 3. The Morgan fingerprint density at radius 3 is 2.62 bits per heavy atom. The summed E-state index contributed by atoms with van der Waals surface area (Å²) in [5.41, 5.74) is 1.38. The number of nitrogens with one attached hydrogen (secondary N) is 1. The molecule has 0 bridgehead atoms. The highest BCUT2D eigenvalue weighted by Gasteiger charge is 2.31. The lowest BCUT2D eigenvalue weighted by molar-refractivity contribution is 0.0213. The maximum absolute atomic E-state index is 6.17. The van der Waals surface area contributed by atoms with Crippen molar-refractivity contribution in [2.24, 2.45) is 5.92 Å². The van der Waals surface area contributed by atoms with Gasteiger partial charge < -0.3 is 10.1 Å². The third kappa shape index (κ3) is 3.80. The Morgan fingerprint density at radius 1 is 1.24 bits per heavy atom. The molecule has 1 aromatic carbocycles. The summed E-state index contributed by atoms with van der Waals surface area (Å²) < 4.78 is 6.55. The van der Waals surface area contributed by atoms with Crippen LogP contribution >= 0.6 is 27.5 Å². The van der Waals surface area contributed by atoms with E-state index in [-0.39, 0.29) is 0 Å². The summed E-state index contributed by atoms with van der Waals surface area (Å²) in [5.74, 6) is 0.671. The highest BCUT2D eigenvalue weighted by atomic mass is 79.9. The van der Waals surface area contributed by atoms with Crippen molar-refractivity contribution in [1.29, 1.82) is 0 Å². The number of nitrogens with zero attached hydrogens (tertiary/aromatic N) is 1. The first kappa shape index (κ1) is 15.8. The van der Waals surface area contributed by atoms with E-state index in [1.54, 1.807) is 0 Å². The fourth-order valence-electron chi connectivity index (χ4n) is 3.47. The summed E-state index contributed by atoms with van der Waals surface area (Å²) in [6.45, 7) is 6.16. The molecular formula is C16H22BrClN2O. The first-order chi connectivity index (χ1) is 10.3. The van der Waals surface area contributed by atoms with Gasteiger partial charge in [-0.05, 0) is 52.4 Å². The fraction of sp³-hybridized carbons (Fsp3) is 0.625. The summed E-state index contributed by atoms with van der Waals surface area (Å²) >= 11 is 9.74. The average molecular weight is 374 g/mol. The van der Waals surface area contributed by atoms with Gasteiger partial charge in [-0.25, -0.2) is 0 Å². The zero-order valence-corrected chi connectivity index (χ0v) is 14.5. The van der Waals surface area contributed by atoms with Crippen LogP contribution in [0.3, 0.4) is 0 Å². The average Bonchev–Trinajstić information content (AvgIpc) is 2.53. The molecule has 1 aromatic rings. The minimum atomic E-state index is 0.476. The second kappa shape index (κ2) is 7.42. The van der Waals surface area contributed by atoms with Gasteiger partial charge in [-0.3, -0.25) is 4.90 Å². The van der Waals surface area contributed by atoms with Gasteiger partial charge in [0.05, 0.1) is 5.02 Å². The number of piperazine rings is 1. The first-order valence-corrected chi connectivity index (χ1v) is 8.90. The predicted octanol–water partition coefficient (Wildman–Crippen LogP) is 3.48. The van der Waals surface area contributed by atoms with Crippen molar-refractivity contribution in [1.82, 2.24) is 10.2 Å². The van der Waals surface area contributed by atoms with E-state index in [1.807, 2.05) is 6.07 Å². The molecule has 2 heterocycles. The molecule has 5 heteroatoms. The van der Waals surface area contributed by atoms with E-state index in [1.165, 1.54) is 5.56 Å². The minimum Gasteiger partial charge on any atom is -0.381 e. The molecule has 3 rings (SSSR count). The van der Waals surface area contributed by atoms with Gasteiger partial charge in [-0.15, -0.1) is 0 Å². The summed E-state index contributed by atoms with van der Waals surface area (Å²) in [6, 6.07) is 6.87. The van der Waals surface area contributed by atoms with Crippen LogP contribution in [0.15, 0.2) is 22.7 Å². The molecule has 3 nitrogen and oxygen atoms in total. The summed E-state index contributed by atoms with van der Waals surface area (Å²) in [6.07, 6.45) is 2.30. The minimum absolute atomic E-state index is 0.476. The predicted molar refractivity (Wildman–Crippen MR) is 89.9 cm³/mol. The number of benzene rings is 1. The smallest absolute Gasteiger partial charge is 0.0548 e. The zero-order valence-electron chi connectivity index (χ0n) is 12.2. The van der Waals surface area contributed by atoms with E-state index in [2.05, 4.69) is 38.3 Å². The van der Waals surface area contributed by atoms with Crippen LogP contribution in [0.5, 0.6) is 0 Å². The lowest BCUT2D eigenvalue weighted by Gasteiger charge is -2.41. The molecule has 2 saturated heterocycles. The van der Waals surface area contributed by atoms with Gasteiger partial charge in [0.1, 0.15) is 0 Å². The van der Waals surface area contributed by atoms with Crippen LogP contribution in [0.2, 0.25) is 5.02 Å². The third-order valence-corrected chi connectivity index (χ3v) is 5.76. The van der Waals surface area contributed by atoms with E-state index < -0.39 is 0 Å². The molecule has 2 aliphatic rings. The fourth-order valence-corrected chi connectivity index (χ4v) is 3.98. The molecule has 1 atom stereocenters. The molecule has 0 spiro atoms. The molecular weight excluding hydrogens is 352 g/mol. The monoisotopic (exact) mass is 372 g/mol. The molecule has 0 saturated carbocycles. The standard InChI is InChI=1S/C16H22BrClN2O/c17-14-11-13(1-2-15(14)18)16(12-3-9-21-10-4-12)20-7-5-19-6-8-20/h1-2,11-12,16,19H,3-10H2/t16-/m1/s1. The van der Waals surface area contributed by atoms with E-state index in [4.69, 9.17) is 16.3 Å². The van der Waals surface area contributed by atoms with Gasteiger partial charge in [-0.1, -0.05) is 17.7 Å². The molecule has 0 amide bonds. The Bertz CT molecular complexity index is 455. The topological polar surface area (TPSA) is 24.5 Å². The quantitative estimate of drug-likeness (QED) is 0.878. The SMILES string of the molecule is Clc1ccc([C@@H](C2CCOCC2)N2CCNCC2)cc1Br. The molecule has 0 aliphatic carbocycles. The molecule has 0 unspecified atom stereocenters. The van der Waals surface area contributed by atoms with Gasteiger partial charge in [-0.2, -0.15) is 0 Å². The van der Waals surface area contributed by atoms with Gasteiger partial charge >= 0.3 is 0 Å². The molecule has 2 aliphatic heterocycles. The second-order valence-electron chi connectivity index (χ2n) is 5.85. The van der Waals surface area contributed by atoms with Crippen molar-refractivity contribution >= 4 is 27.5 Å². The molecule has 1 N–H and O–H groups in total. The van der Waals surface area contributed by atoms with Gasteiger partial charge in [0.25, 0.3) is 0 Å². The maximum atomic E-state index is 6.17. The molecule has 21 heavy (non-hydrogen) atoms. The molecule has 0 radical (unpaired) electrons. The van der Waals surface area contributed by atoms with Gasteiger partial charge in [0, 0.05) is 49.9 Å². The summed E-state index contributed by atoms with van der Waals surface area (Å²) in [5, 5.41) is 4.23. The van der Waals surface area contributed by atoms with Crippen LogP contribution in [-0.2, 0) is 4.74 Å². The number of rotatable bonds is 3. The van der Waals surface area contributed by atoms with Crippen LogP contribution in [0.4, 0.5) is 0 Å². The number of halogens is 2. The molecule has 116 valence electrons. The summed E-state index contributed by atoms with van der Waals surface area (Å²) in [4.78, 5) is 2.63. The van der Waals surface area contributed by atoms with Crippen molar-refractivity contribution in [3.05, 3.63) is 33.3 Å². The van der Waals surface area contributed by atoms with Crippen molar-refractivity contribution in [3.8, 4) is 0 Å². The van der Waals surface area contributed by atoms with Crippen LogP contribution < -0.4 is 5.32 Å². The van der Waals surface area contributed by atoms with Gasteiger partial charge in [0.15, 0.2) is 0 Å². The van der Waals surface area contributed by atoms with Crippen molar-refractivity contribution < 1.29 is 4.74 Å². The second-order valence-corrected chi connectivity index (χ2v) is 7.12. The Kier molecular flexibility index (Phi) is 5.57. The normalized spacial score (nSPS) is 23.1. The van der Waals surface area contributed by atoms with Crippen LogP contribution in [0.25, 0.3) is 0 Å². The zero-order chi connectivity index (χ0) is 14.7. The summed E-state index contributed by atoms with van der Waals surface area (Å²) in [7, 11) is 0. The number of hydrogen-bond donors (Lipinski definition) is 1. The highest BCUT2D eigenvalue weighted by Crippen LogP contribution is 2.37. The van der Waals surface area contributed by atoms with E-state index in [0.29, 0.717) is 12.0 Å². The van der Waals surface area contributed by atoms with Crippen LogP contribution in [0.1, 0.15) is 24.4 Å². The Hall–Kier alpha value is -0.130. The molecule has 2 fully saturated rings. The number of ether oxygens (including phenoxy) is 1. The first-order valence-electron chi connectivity index (χ1n) is 7.73. The van der Waals surface area contributed by atoms with Crippen LogP contribution in [-0.4, -0.2) is 44.3 Å². The Balaban J connectivity index is 1.87. The van der Waals surface area contributed by atoms with Crippen molar-refractivity contribution in [2.75, 3.05) is 39.4 Å². The third-order valence-electron chi connectivity index (χ3n) is 4.54. The van der Waals surface area contributed by atoms with Crippen molar-refractivity contribution in [3.63, 3.8) is 0 Å². The highest BCUT2D eigenvalue weighted by molar-refractivity contribution is 9.10. The van der Waals surface area contributed by atoms with Crippen molar-refractivity contribution in [2.45, 2.75) is 18.9 Å². The Morgan fingerprint density at radius 2 is 1.95 bits per heavy atom. The van der Waals surface area contributed by atoms with E-state index in [9.17, 15) is 0 Å². The van der Waals surface area contributed by atoms with E-state index in [0.717, 1.165) is 61.7 Å². The maximum Gasteiger partial charge on any atom is 0.0548 e. The van der Waals surface area contributed by atoms with Crippen LogP contribution in [0, 0.1) is 5.92 Å². The lowest BCUT2D eigenvalue weighted by Crippen LogP contribution is -2.47. The Labute approximate surface area is 140 Å².